The van der Waals surface area contributed by atoms with Crippen molar-refractivity contribution in [3.8, 4) is 11.8 Å². The van der Waals surface area contributed by atoms with Gasteiger partial charge < -0.3 is 16.2 Å². The van der Waals surface area contributed by atoms with Gasteiger partial charge in [0, 0.05) is 6.42 Å². The van der Waals surface area contributed by atoms with Crippen molar-refractivity contribution < 1.29 is 19.5 Å². The molecule has 0 rings (SSSR count). The van der Waals surface area contributed by atoms with Crippen LogP contribution in [0.4, 0.5) is 0 Å². The minimum Gasteiger partial charge on any atom is -0.480 e. The number of rotatable bonds is 5. The Balaban J connectivity index is 4.26. The number of primary amides is 1. The molecule has 6 nitrogen and oxygen atoms in total. The van der Waals surface area contributed by atoms with Gasteiger partial charge in [0.2, 0.25) is 5.91 Å². The fourth-order valence-corrected chi connectivity index (χ4v) is 0.852. The molecule has 0 radical (unpaired) electrons. The van der Waals surface area contributed by atoms with Gasteiger partial charge in [0.05, 0.1) is 0 Å². The van der Waals surface area contributed by atoms with Crippen molar-refractivity contribution in [2.24, 2.45) is 5.73 Å². The maximum Gasteiger partial charge on any atom is 0.326 e. The zero-order chi connectivity index (χ0) is 11.8. The van der Waals surface area contributed by atoms with E-state index in [0.717, 1.165) is 0 Å². The van der Waals surface area contributed by atoms with Crippen molar-refractivity contribution in [1.29, 1.82) is 0 Å². The molecule has 0 aromatic heterocycles. The van der Waals surface area contributed by atoms with Crippen LogP contribution < -0.4 is 11.1 Å². The molecular formula is C9H12N2O4. The molecule has 6 heteroatoms. The van der Waals surface area contributed by atoms with E-state index in [-0.39, 0.29) is 12.8 Å². The summed E-state index contributed by atoms with van der Waals surface area (Å²) in [6, 6.07) is -1.13. The number of carboxylic acid groups (broad SMARTS) is 1. The number of carbonyl (C=O) groups is 3. The molecular weight excluding hydrogens is 200 g/mol. The third-order valence-corrected chi connectivity index (χ3v) is 1.52. The minimum absolute atomic E-state index is 0.0399. The molecule has 0 aliphatic heterocycles. The number of carbonyl (C=O) groups excluding carboxylic acids is 2. The van der Waals surface area contributed by atoms with Crippen LogP contribution in [-0.2, 0) is 14.4 Å². The first-order valence-corrected chi connectivity index (χ1v) is 4.21. The normalized spacial score (nSPS) is 10.7. The topological polar surface area (TPSA) is 109 Å². The summed E-state index contributed by atoms with van der Waals surface area (Å²) < 4.78 is 0. The van der Waals surface area contributed by atoms with E-state index < -0.39 is 23.8 Å². The monoisotopic (exact) mass is 212 g/mol. The lowest BCUT2D eigenvalue weighted by molar-refractivity contribution is -0.141. The van der Waals surface area contributed by atoms with E-state index in [9.17, 15) is 14.4 Å². The lowest BCUT2D eigenvalue weighted by atomic mass is 10.1. The Hall–Kier alpha value is -2.03. The van der Waals surface area contributed by atoms with Crippen LogP contribution in [0.25, 0.3) is 0 Å². The van der Waals surface area contributed by atoms with Gasteiger partial charge in [0.1, 0.15) is 6.04 Å². The number of nitrogens with two attached hydrogens (primary N) is 1. The van der Waals surface area contributed by atoms with Crippen LogP contribution >= 0.6 is 0 Å². The molecule has 0 unspecified atom stereocenters. The second-order valence-electron chi connectivity index (χ2n) is 2.74. The molecule has 0 aromatic carbocycles. The van der Waals surface area contributed by atoms with E-state index in [1.54, 1.807) is 0 Å². The maximum absolute atomic E-state index is 10.9. The highest BCUT2D eigenvalue weighted by molar-refractivity contribution is 5.96. The van der Waals surface area contributed by atoms with Gasteiger partial charge in [-0.05, 0) is 19.3 Å². The van der Waals surface area contributed by atoms with Crippen molar-refractivity contribution in [2.45, 2.75) is 25.8 Å². The van der Waals surface area contributed by atoms with Crippen molar-refractivity contribution in [1.82, 2.24) is 5.32 Å². The van der Waals surface area contributed by atoms with E-state index >= 15 is 0 Å². The van der Waals surface area contributed by atoms with Crippen LogP contribution in [-0.4, -0.2) is 28.9 Å². The molecule has 0 bridgehead atoms. The molecule has 2 amide bonds. The Morgan fingerprint density at radius 1 is 1.47 bits per heavy atom. The third-order valence-electron chi connectivity index (χ3n) is 1.52. The van der Waals surface area contributed by atoms with Crippen LogP contribution in [0.2, 0.25) is 0 Å². The second-order valence-corrected chi connectivity index (χ2v) is 2.74. The van der Waals surface area contributed by atoms with Gasteiger partial charge in [-0.15, -0.1) is 0 Å². The molecule has 0 saturated heterocycles. The SMILES string of the molecule is CC#CC(=O)N[C@@H](CCC(N)=O)C(=O)O. The number of nitrogens with one attached hydrogen (secondary N) is 1. The summed E-state index contributed by atoms with van der Waals surface area (Å²) in [4.78, 5) is 32.0. The van der Waals surface area contributed by atoms with E-state index in [1.165, 1.54) is 6.92 Å². The second kappa shape index (κ2) is 6.43. The quantitative estimate of drug-likeness (QED) is 0.499. The summed E-state index contributed by atoms with van der Waals surface area (Å²) in [6.07, 6.45) is -0.140. The van der Waals surface area contributed by atoms with E-state index in [4.69, 9.17) is 10.8 Å². The van der Waals surface area contributed by atoms with Crippen molar-refractivity contribution in [3.05, 3.63) is 0 Å². The summed E-state index contributed by atoms with van der Waals surface area (Å²) in [5, 5.41) is 10.8. The molecule has 4 N–H and O–H groups in total. The molecule has 0 fully saturated rings. The third kappa shape index (κ3) is 6.10. The van der Waals surface area contributed by atoms with Gasteiger partial charge in [-0.1, -0.05) is 5.92 Å². The Morgan fingerprint density at radius 2 is 2.07 bits per heavy atom. The van der Waals surface area contributed by atoms with E-state index in [0.29, 0.717) is 0 Å². The zero-order valence-electron chi connectivity index (χ0n) is 8.24. The van der Waals surface area contributed by atoms with E-state index in [2.05, 4.69) is 17.2 Å². The molecule has 15 heavy (non-hydrogen) atoms. The molecule has 0 aliphatic carbocycles. The first-order valence-electron chi connectivity index (χ1n) is 4.21. The number of carboxylic acids is 1. The molecule has 0 saturated carbocycles. The highest BCUT2D eigenvalue weighted by Gasteiger charge is 2.19. The largest absolute Gasteiger partial charge is 0.480 e. The molecule has 0 spiro atoms. The number of amides is 2. The Labute approximate surface area is 86.8 Å². The summed E-state index contributed by atoms with van der Waals surface area (Å²) in [6.45, 7) is 1.46. The van der Waals surface area contributed by atoms with E-state index in [1.807, 2.05) is 0 Å². The van der Waals surface area contributed by atoms with Gasteiger partial charge in [-0.2, -0.15) is 0 Å². The summed E-state index contributed by atoms with van der Waals surface area (Å²) in [5.41, 5.74) is 4.86. The van der Waals surface area contributed by atoms with Gasteiger partial charge in [0.15, 0.2) is 0 Å². The number of aliphatic carboxylic acids is 1. The maximum atomic E-state index is 10.9. The smallest absolute Gasteiger partial charge is 0.326 e. The van der Waals surface area contributed by atoms with Gasteiger partial charge in [-0.25, -0.2) is 4.79 Å². The lowest BCUT2D eigenvalue weighted by Crippen LogP contribution is -2.40. The average Bonchev–Trinajstić information content (AvgIpc) is 2.11. The molecule has 0 heterocycles. The lowest BCUT2D eigenvalue weighted by Gasteiger charge is -2.10. The summed E-state index contributed by atoms with van der Waals surface area (Å²) >= 11 is 0. The van der Waals surface area contributed by atoms with Crippen LogP contribution in [0.3, 0.4) is 0 Å². The van der Waals surface area contributed by atoms with Crippen molar-refractivity contribution >= 4 is 17.8 Å². The van der Waals surface area contributed by atoms with Gasteiger partial charge in [-0.3, -0.25) is 9.59 Å². The highest BCUT2D eigenvalue weighted by Crippen LogP contribution is 1.96. The standard InChI is InChI=1S/C9H12N2O4/c1-2-3-8(13)11-6(9(14)15)4-5-7(10)12/h6H,4-5H2,1H3,(H2,10,12)(H,11,13)(H,14,15)/t6-/m0/s1. The van der Waals surface area contributed by atoms with Crippen LogP contribution in [0.1, 0.15) is 19.8 Å². The first kappa shape index (κ1) is 13.0. The molecule has 0 aromatic rings. The van der Waals surface area contributed by atoms with Crippen LogP contribution in [0.15, 0.2) is 0 Å². The Kier molecular flexibility index (Phi) is 5.56. The summed E-state index contributed by atoms with van der Waals surface area (Å²) in [5.74, 6) is 1.95. The van der Waals surface area contributed by atoms with Gasteiger partial charge >= 0.3 is 5.97 Å². The first-order chi connectivity index (χ1) is 6.97. The van der Waals surface area contributed by atoms with Crippen molar-refractivity contribution in [3.63, 3.8) is 0 Å². The van der Waals surface area contributed by atoms with Crippen LogP contribution in [0.5, 0.6) is 0 Å². The summed E-state index contributed by atoms with van der Waals surface area (Å²) in [7, 11) is 0. The molecule has 1 atom stereocenters. The highest BCUT2D eigenvalue weighted by atomic mass is 16.4. The minimum atomic E-state index is -1.22. The Bertz CT molecular complexity index is 327. The van der Waals surface area contributed by atoms with Gasteiger partial charge in [0.25, 0.3) is 5.91 Å². The Morgan fingerprint density at radius 3 is 2.47 bits per heavy atom. The number of hydrogen-bond donors (Lipinski definition) is 3. The van der Waals surface area contributed by atoms with Crippen LogP contribution in [0, 0.1) is 11.8 Å². The number of hydrogen-bond acceptors (Lipinski definition) is 3. The molecule has 0 aliphatic rings. The predicted molar refractivity (Wildman–Crippen MR) is 51.4 cm³/mol. The van der Waals surface area contributed by atoms with Crippen molar-refractivity contribution in [2.75, 3.05) is 0 Å². The predicted octanol–water partition coefficient (Wildman–Crippen LogP) is -1.16. The molecule has 82 valence electrons. The average molecular weight is 212 g/mol. The zero-order valence-corrected chi connectivity index (χ0v) is 8.24. The fraction of sp³-hybridized carbons (Fsp3) is 0.444. The fourth-order valence-electron chi connectivity index (χ4n) is 0.852.